The zero-order valence-electron chi connectivity index (χ0n) is 14.3. The number of hydrogen-bond acceptors (Lipinski definition) is 5. The normalized spacial score (nSPS) is 22.0. The summed E-state index contributed by atoms with van der Waals surface area (Å²) < 4.78 is 73.2. The van der Waals surface area contributed by atoms with Gasteiger partial charge in [0.2, 0.25) is 15.9 Å². The average molecular weight is 408 g/mol. The van der Waals surface area contributed by atoms with Crippen LogP contribution in [0.1, 0.15) is 12.8 Å². The van der Waals surface area contributed by atoms with Crippen molar-refractivity contribution < 1.29 is 35.9 Å². The summed E-state index contributed by atoms with van der Waals surface area (Å²) in [7, 11) is -4.14. The van der Waals surface area contributed by atoms with E-state index in [1.807, 2.05) is 0 Å². The highest BCUT2D eigenvalue weighted by Gasteiger charge is 2.41. The van der Waals surface area contributed by atoms with Crippen LogP contribution in [0, 0.1) is 0 Å². The summed E-state index contributed by atoms with van der Waals surface area (Å²) in [4.78, 5) is 14.0. The Morgan fingerprint density at radius 1 is 1.19 bits per heavy atom. The van der Waals surface area contributed by atoms with Crippen molar-refractivity contribution in [2.75, 3.05) is 32.8 Å². The smallest absolute Gasteiger partial charge is 0.406 e. The van der Waals surface area contributed by atoms with E-state index in [1.54, 1.807) is 4.90 Å². The Morgan fingerprint density at radius 2 is 1.89 bits per heavy atom. The number of morpholine rings is 1. The zero-order valence-corrected chi connectivity index (χ0v) is 15.1. The van der Waals surface area contributed by atoms with Gasteiger partial charge < -0.3 is 14.4 Å². The molecule has 1 atom stereocenters. The number of amides is 1. The standard InChI is InChI=1S/C16H19F3N2O5S/c17-16(18,19)26-12-3-1-4-13(11-12)27(23,24)21-6-2-5-14(21)15(22)20-7-9-25-10-8-20/h1,3-4,11,14H,2,5-10H2/t14-/m1/s1. The van der Waals surface area contributed by atoms with Crippen LogP contribution in [0.15, 0.2) is 29.2 Å². The molecule has 0 spiro atoms. The summed E-state index contributed by atoms with van der Waals surface area (Å²) in [5, 5.41) is 0. The van der Waals surface area contributed by atoms with Gasteiger partial charge in [-0.3, -0.25) is 4.79 Å². The number of carbonyl (C=O) groups is 1. The molecule has 150 valence electrons. The monoisotopic (exact) mass is 408 g/mol. The molecule has 11 heteroatoms. The van der Waals surface area contributed by atoms with Gasteiger partial charge in [0.15, 0.2) is 0 Å². The number of sulfonamides is 1. The third-order valence-electron chi connectivity index (χ3n) is 4.46. The van der Waals surface area contributed by atoms with E-state index in [0.717, 1.165) is 16.4 Å². The molecular formula is C16H19F3N2O5S. The fourth-order valence-corrected chi connectivity index (χ4v) is 4.92. The van der Waals surface area contributed by atoms with Gasteiger partial charge in [0.05, 0.1) is 18.1 Å². The van der Waals surface area contributed by atoms with Crippen molar-refractivity contribution in [1.29, 1.82) is 0 Å². The molecule has 2 fully saturated rings. The molecule has 27 heavy (non-hydrogen) atoms. The minimum Gasteiger partial charge on any atom is -0.406 e. The van der Waals surface area contributed by atoms with Crippen molar-refractivity contribution >= 4 is 15.9 Å². The number of hydrogen-bond donors (Lipinski definition) is 0. The Hall–Kier alpha value is -1.85. The van der Waals surface area contributed by atoms with Crippen LogP contribution in [0.4, 0.5) is 13.2 Å². The molecule has 0 unspecified atom stereocenters. The van der Waals surface area contributed by atoms with Gasteiger partial charge in [-0.05, 0) is 25.0 Å². The molecule has 7 nitrogen and oxygen atoms in total. The quantitative estimate of drug-likeness (QED) is 0.757. The maximum Gasteiger partial charge on any atom is 0.573 e. The highest BCUT2D eigenvalue weighted by atomic mass is 32.2. The maximum atomic E-state index is 12.9. The topological polar surface area (TPSA) is 76.2 Å². The van der Waals surface area contributed by atoms with E-state index in [4.69, 9.17) is 4.74 Å². The average Bonchev–Trinajstić information content (AvgIpc) is 3.11. The Bertz CT molecular complexity index is 793. The van der Waals surface area contributed by atoms with Crippen molar-refractivity contribution in [3.63, 3.8) is 0 Å². The highest BCUT2D eigenvalue weighted by molar-refractivity contribution is 7.89. The second kappa shape index (κ2) is 7.64. The molecule has 1 aromatic rings. The number of rotatable bonds is 4. The largest absolute Gasteiger partial charge is 0.573 e. The minimum absolute atomic E-state index is 0.132. The molecule has 1 amide bonds. The van der Waals surface area contributed by atoms with Gasteiger partial charge in [-0.25, -0.2) is 8.42 Å². The fourth-order valence-electron chi connectivity index (χ4n) is 3.24. The number of ether oxygens (including phenoxy) is 2. The lowest BCUT2D eigenvalue weighted by Gasteiger charge is -2.32. The molecule has 0 aromatic heterocycles. The second-order valence-corrected chi connectivity index (χ2v) is 8.12. The number of halogens is 3. The zero-order chi connectivity index (χ0) is 19.7. The molecule has 1 aromatic carbocycles. The Balaban J connectivity index is 1.83. The van der Waals surface area contributed by atoms with Crippen molar-refractivity contribution in [2.45, 2.75) is 30.1 Å². The van der Waals surface area contributed by atoms with Gasteiger partial charge in [-0.15, -0.1) is 13.2 Å². The van der Waals surface area contributed by atoms with Crippen molar-refractivity contribution in [3.8, 4) is 5.75 Å². The first-order valence-electron chi connectivity index (χ1n) is 8.43. The predicted octanol–water partition coefficient (Wildman–Crippen LogP) is 1.60. The van der Waals surface area contributed by atoms with Crippen molar-refractivity contribution in [2.24, 2.45) is 0 Å². The lowest BCUT2D eigenvalue weighted by molar-refractivity contribution is -0.274. The molecule has 0 aliphatic carbocycles. The van der Waals surface area contributed by atoms with Gasteiger partial charge in [0.25, 0.3) is 0 Å². The van der Waals surface area contributed by atoms with Gasteiger partial charge in [-0.2, -0.15) is 4.31 Å². The summed E-state index contributed by atoms with van der Waals surface area (Å²) >= 11 is 0. The number of alkyl halides is 3. The Morgan fingerprint density at radius 3 is 2.56 bits per heavy atom. The molecule has 0 radical (unpaired) electrons. The highest BCUT2D eigenvalue weighted by Crippen LogP contribution is 2.30. The maximum absolute atomic E-state index is 12.9. The molecule has 0 N–H and O–H groups in total. The number of carbonyl (C=O) groups excluding carboxylic acids is 1. The first-order chi connectivity index (χ1) is 12.7. The third-order valence-corrected chi connectivity index (χ3v) is 6.36. The van der Waals surface area contributed by atoms with E-state index in [-0.39, 0.29) is 17.3 Å². The molecule has 3 rings (SSSR count). The first kappa shape index (κ1) is 19.9. The van der Waals surface area contributed by atoms with Crippen LogP contribution in [-0.4, -0.2) is 68.8 Å². The van der Waals surface area contributed by atoms with Gasteiger partial charge in [0, 0.05) is 25.7 Å². The lowest BCUT2D eigenvalue weighted by Crippen LogP contribution is -2.50. The van der Waals surface area contributed by atoms with E-state index in [0.29, 0.717) is 39.1 Å². The summed E-state index contributed by atoms with van der Waals surface area (Å²) in [5.41, 5.74) is 0. The Labute approximate surface area is 154 Å². The van der Waals surface area contributed by atoms with Crippen LogP contribution in [-0.2, 0) is 19.6 Å². The first-order valence-corrected chi connectivity index (χ1v) is 9.87. The van der Waals surface area contributed by atoms with Crippen LogP contribution in [0.2, 0.25) is 0 Å². The summed E-state index contributed by atoms with van der Waals surface area (Å²) in [6, 6.07) is 3.33. The van der Waals surface area contributed by atoms with Crippen molar-refractivity contribution in [1.82, 2.24) is 9.21 Å². The molecule has 0 saturated carbocycles. The SMILES string of the molecule is O=C([C@H]1CCCN1S(=O)(=O)c1cccc(OC(F)(F)F)c1)N1CCOCC1. The van der Waals surface area contributed by atoms with Crippen molar-refractivity contribution in [3.05, 3.63) is 24.3 Å². The minimum atomic E-state index is -4.93. The molecule has 2 aliphatic heterocycles. The van der Waals surface area contributed by atoms with Crippen LogP contribution >= 0.6 is 0 Å². The molecule has 2 aliphatic rings. The second-order valence-electron chi connectivity index (χ2n) is 6.23. The van der Waals surface area contributed by atoms with E-state index >= 15 is 0 Å². The molecule has 2 saturated heterocycles. The summed E-state index contributed by atoms with van der Waals surface area (Å²) in [6.45, 7) is 1.69. The van der Waals surface area contributed by atoms with Gasteiger partial charge >= 0.3 is 6.36 Å². The van der Waals surface area contributed by atoms with E-state index < -0.39 is 28.2 Å². The van der Waals surface area contributed by atoms with Gasteiger partial charge in [0.1, 0.15) is 11.8 Å². The van der Waals surface area contributed by atoms with Crippen LogP contribution in [0.3, 0.4) is 0 Å². The van der Waals surface area contributed by atoms with E-state index in [2.05, 4.69) is 4.74 Å². The predicted molar refractivity (Wildman–Crippen MR) is 87.4 cm³/mol. The molecular weight excluding hydrogens is 389 g/mol. The summed E-state index contributed by atoms with van der Waals surface area (Å²) in [5.74, 6) is -0.930. The number of nitrogens with zero attached hydrogens (tertiary/aromatic N) is 2. The summed E-state index contributed by atoms with van der Waals surface area (Å²) in [6.07, 6.45) is -4.06. The van der Waals surface area contributed by atoms with E-state index in [1.165, 1.54) is 12.1 Å². The van der Waals surface area contributed by atoms with Gasteiger partial charge in [-0.1, -0.05) is 6.07 Å². The van der Waals surface area contributed by atoms with E-state index in [9.17, 15) is 26.4 Å². The van der Waals surface area contributed by atoms with Crippen LogP contribution < -0.4 is 4.74 Å². The van der Waals surface area contributed by atoms with Crippen LogP contribution in [0.25, 0.3) is 0 Å². The third kappa shape index (κ3) is 4.53. The fraction of sp³-hybridized carbons (Fsp3) is 0.562. The van der Waals surface area contributed by atoms with Crippen LogP contribution in [0.5, 0.6) is 5.75 Å². The molecule has 2 heterocycles. The lowest BCUT2D eigenvalue weighted by atomic mass is 10.2. The number of benzene rings is 1. The molecule has 0 bridgehead atoms. The Kier molecular flexibility index (Phi) is 5.63.